The number of hydrogen-bond donors (Lipinski definition) is 0. The molecule has 14 heavy (non-hydrogen) atoms. The van der Waals surface area contributed by atoms with Crippen molar-refractivity contribution >= 4 is 11.6 Å². The molecule has 0 atom stereocenters. The first-order valence-corrected chi connectivity index (χ1v) is 4.53. The number of Topliss-reactive ketones (excluding diaryl/α,β-unsaturated/α-hetero) is 2. The van der Waals surface area contributed by atoms with E-state index in [0.29, 0.717) is 11.3 Å². The van der Waals surface area contributed by atoms with E-state index in [-0.39, 0.29) is 17.5 Å². The second-order valence-electron chi connectivity index (χ2n) is 3.51. The zero-order valence-electron chi connectivity index (χ0n) is 8.57. The molecule has 0 aliphatic rings. The summed E-state index contributed by atoms with van der Waals surface area (Å²) in [5.41, 5.74) is 0.954. The lowest BCUT2D eigenvalue weighted by Gasteiger charge is -2.03. The normalized spacial score (nSPS) is 10.3. The van der Waals surface area contributed by atoms with Gasteiger partial charge in [-0.3, -0.25) is 14.6 Å². The van der Waals surface area contributed by atoms with Crippen LogP contribution in [-0.4, -0.2) is 16.6 Å². The third-order valence-corrected chi connectivity index (χ3v) is 1.95. The van der Waals surface area contributed by atoms with E-state index in [0.717, 1.165) is 0 Å². The van der Waals surface area contributed by atoms with Gasteiger partial charge in [-0.25, -0.2) is 0 Å². The van der Waals surface area contributed by atoms with Crippen molar-refractivity contribution < 1.29 is 9.59 Å². The van der Waals surface area contributed by atoms with Crippen molar-refractivity contribution in [1.29, 1.82) is 0 Å². The molecule has 3 nitrogen and oxygen atoms in total. The molecular weight excluding hydrogens is 178 g/mol. The Morgan fingerprint density at radius 2 is 1.93 bits per heavy atom. The van der Waals surface area contributed by atoms with Crippen molar-refractivity contribution in [2.24, 2.45) is 5.92 Å². The third-order valence-electron chi connectivity index (χ3n) is 1.95. The summed E-state index contributed by atoms with van der Waals surface area (Å²) < 4.78 is 0. The fourth-order valence-corrected chi connectivity index (χ4v) is 1.04. The van der Waals surface area contributed by atoms with Gasteiger partial charge in [0.2, 0.25) is 0 Å². The molecule has 0 spiro atoms. The summed E-state index contributed by atoms with van der Waals surface area (Å²) >= 11 is 0. The molecule has 1 aromatic rings. The largest absolute Gasteiger partial charge is 0.294 e. The van der Waals surface area contributed by atoms with E-state index in [1.807, 2.05) is 13.8 Å². The van der Waals surface area contributed by atoms with Gasteiger partial charge in [0.05, 0.1) is 0 Å². The number of rotatable bonds is 3. The Bertz CT molecular complexity index is 352. The lowest BCUT2D eigenvalue weighted by molar-refractivity contribution is 0.0932. The van der Waals surface area contributed by atoms with E-state index in [1.165, 1.54) is 13.1 Å². The summed E-state index contributed by atoms with van der Waals surface area (Å²) in [6, 6.07) is 3.23. The van der Waals surface area contributed by atoms with Crippen molar-refractivity contribution in [1.82, 2.24) is 4.98 Å². The Kier molecular flexibility index (Phi) is 3.12. The van der Waals surface area contributed by atoms with Crippen LogP contribution in [0.15, 0.2) is 18.3 Å². The van der Waals surface area contributed by atoms with Crippen LogP contribution in [0.1, 0.15) is 41.6 Å². The Balaban J connectivity index is 2.94. The molecule has 1 rings (SSSR count). The van der Waals surface area contributed by atoms with Crippen LogP contribution in [0, 0.1) is 5.92 Å². The standard InChI is InChI=1S/C11H13NO2/c1-7(2)11(14)10-5-4-9(6-12-10)8(3)13/h4-7H,1-3H3. The van der Waals surface area contributed by atoms with Gasteiger partial charge in [-0.2, -0.15) is 0 Å². The van der Waals surface area contributed by atoms with Gasteiger partial charge in [0.15, 0.2) is 11.6 Å². The van der Waals surface area contributed by atoms with E-state index < -0.39 is 0 Å². The highest BCUT2D eigenvalue weighted by molar-refractivity contribution is 5.97. The van der Waals surface area contributed by atoms with Crippen LogP contribution in [0.2, 0.25) is 0 Å². The summed E-state index contributed by atoms with van der Waals surface area (Å²) in [5, 5.41) is 0. The number of aromatic nitrogens is 1. The van der Waals surface area contributed by atoms with Crippen molar-refractivity contribution in [3.05, 3.63) is 29.6 Å². The lowest BCUT2D eigenvalue weighted by atomic mass is 10.1. The number of carbonyl (C=O) groups is 2. The molecule has 1 aromatic heterocycles. The number of pyridine rings is 1. The first-order chi connectivity index (χ1) is 6.52. The first-order valence-electron chi connectivity index (χ1n) is 4.53. The summed E-state index contributed by atoms with van der Waals surface area (Å²) in [7, 11) is 0. The molecule has 0 radical (unpaired) electrons. The minimum atomic E-state index is -0.0642. The highest BCUT2D eigenvalue weighted by Gasteiger charge is 2.11. The number of hydrogen-bond acceptors (Lipinski definition) is 3. The summed E-state index contributed by atoms with van der Waals surface area (Å²) in [4.78, 5) is 26.4. The summed E-state index contributed by atoms with van der Waals surface area (Å²) in [6.45, 7) is 5.12. The molecule has 0 N–H and O–H groups in total. The highest BCUT2D eigenvalue weighted by Crippen LogP contribution is 2.07. The first kappa shape index (κ1) is 10.6. The van der Waals surface area contributed by atoms with Crippen LogP contribution in [0.4, 0.5) is 0 Å². The molecular formula is C11H13NO2. The van der Waals surface area contributed by atoms with Gasteiger partial charge in [-0.1, -0.05) is 13.8 Å². The maximum Gasteiger partial charge on any atom is 0.183 e. The van der Waals surface area contributed by atoms with Gasteiger partial charge in [0.25, 0.3) is 0 Å². The monoisotopic (exact) mass is 191 g/mol. The fraction of sp³-hybridized carbons (Fsp3) is 0.364. The Morgan fingerprint density at radius 1 is 1.29 bits per heavy atom. The van der Waals surface area contributed by atoms with Crippen LogP contribution in [0.25, 0.3) is 0 Å². The minimum absolute atomic E-state index is 0.0000945. The fourth-order valence-electron chi connectivity index (χ4n) is 1.04. The van der Waals surface area contributed by atoms with Crippen LogP contribution >= 0.6 is 0 Å². The molecule has 0 amide bonds. The Morgan fingerprint density at radius 3 is 2.29 bits per heavy atom. The molecule has 0 unspecified atom stereocenters. The molecule has 3 heteroatoms. The minimum Gasteiger partial charge on any atom is -0.294 e. The van der Waals surface area contributed by atoms with Gasteiger partial charge >= 0.3 is 0 Å². The van der Waals surface area contributed by atoms with Gasteiger partial charge in [-0.15, -0.1) is 0 Å². The van der Waals surface area contributed by atoms with Crippen molar-refractivity contribution in [3.63, 3.8) is 0 Å². The van der Waals surface area contributed by atoms with Gasteiger partial charge < -0.3 is 0 Å². The molecule has 0 fully saturated rings. The maximum absolute atomic E-state index is 11.5. The van der Waals surface area contributed by atoms with Gasteiger partial charge in [0, 0.05) is 17.7 Å². The average molecular weight is 191 g/mol. The lowest BCUT2D eigenvalue weighted by Crippen LogP contribution is -2.09. The maximum atomic E-state index is 11.5. The van der Waals surface area contributed by atoms with Crippen LogP contribution in [0.3, 0.4) is 0 Å². The summed E-state index contributed by atoms with van der Waals surface area (Å²) in [6.07, 6.45) is 1.44. The Hall–Kier alpha value is -1.51. The van der Waals surface area contributed by atoms with Crippen LogP contribution < -0.4 is 0 Å². The predicted molar refractivity (Wildman–Crippen MR) is 53.4 cm³/mol. The van der Waals surface area contributed by atoms with Crippen molar-refractivity contribution in [3.8, 4) is 0 Å². The zero-order chi connectivity index (χ0) is 10.7. The second-order valence-corrected chi connectivity index (χ2v) is 3.51. The highest BCUT2D eigenvalue weighted by atomic mass is 16.1. The summed E-state index contributed by atoms with van der Waals surface area (Å²) in [5.74, 6) is -0.105. The molecule has 0 bridgehead atoms. The average Bonchev–Trinajstić information content (AvgIpc) is 2.16. The SMILES string of the molecule is CC(=O)c1ccc(C(=O)C(C)C)nc1. The van der Waals surface area contributed by atoms with E-state index in [1.54, 1.807) is 12.1 Å². The van der Waals surface area contributed by atoms with Gasteiger partial charge in [-0.05, 0) is 19.1 Å². The Labute approximate surface area is 83.2 Å². The molecule has 0 saturated carbocycles. The molecule has 1 heterocycles. The third kappa shape index (κ3) is 2.25. The molecule has 0 saturated heterocycles. The number of ketones is 2. The molecule has 0 aliphatic heterocycles. The molecule has 74 valence electrons. The quantitative estimate of drug-likeness (QED) is 0.687. The zero-order valence-corrected chi connectivity index (χ0v) is 8.57. The second kappa shape index (κ2) is 4.13. The van der Waals surface area contributed by atoms with E-state index >= 15 is 0 Å². The van der Waals surface area contributed by atoms with E-state index in [4.69, 9.17) is 0 Å². The van der Waals surface area contributed by atoms with E-state index in [2.05, 4.69) is 4.98 Å². The topological polar surface area (TPSA) is 47.0 Å². The molecule has 0 aromatic carbocycles. The van der Waals surface area contributed by atoms with Gasteiger partial charge in [0.1, 0.15) is 5.69 Å². The molecule has 0 aliphatic carbocycles. The van der Waals surface area contributed by atoms with Crippen molar-refractivity contribution in [2.75, 3.05) is 0 Å². The number of carbonyl (C=O) groups excluding carboxylic acids is 2. The predicted octanol–water partition coefficient (Wildman–Crippen LogP) is 2.12. The number of nitrogens with zero attached hydrogens (tertiary/aromatic N) is 1. The van der Waals surface area contributed by atoms with Crippen molar-refractivity contribution in [2.45, 2.75) is 20.8 Å². The van der Waals surface area contributed by atoms with E-state index in [9.17, 15) is 9.59 Å². The van der Waals surface area contributed by atoms with Crippen LogP contribution in [0.5, 0.6) is 0 Å². The van der Waals surface area contributed by atoms with Crippen LogP contribution in [-0.2, 0) is 0 Å². The smallest absolute Gasteiger partial charge is 0.183 e.